The van der Waals surface area contributed by atoms with E-state index >= 15 is 0 Å². The highest BCUT2D eigenvalue weighted by atomic mass is 32.1. The van der Waals surface area contributed by atoms with E-state index in [1.54, 1.807) is 47.5 Å². The molecule has 0 amide bonds. The average Bonchev–Trinajstić information content (AvgIpc) is 3.45. The predicted molar refractivity (Wildman–Crippen MR) is 124 cm³/mol. The van der Waals surface area contributed by atoms with Crippen molar-refractivity contribution < 1.29 is 0 Å². The van der Waals surface area contributed by atoms with Crippen LogP contribution in [0.1, 0.15) is 0 Å². The summed E-state index contributed by atoms with van der Waals surface area (Å²) in [6.45, 7) is 0. The van der Waals surface area contributed by atoms with E-state index in [2.05, 4.69) is 44.2 Å². The van der Waals surface area contributed by atoms with Gasteiger partial charge in [0.1, 0.15) is 10.8 Å². The Morgan fingerprint density at radius 3 is 2.23 bits per heavy atom. The summed E-state index contributed by atoms with van der Waals surface area (Å²) in [5, 5.41) is 12.4. The number of hydrogen-bond acceptors (Lipinski definition) is 8. The number of rotatable bonds is 6. The van der Waals surface area contributed by atoms with Gasteiger partial charge in [0.05, 0.1) is 29.5 Å². The summed E-state index contributed by atoms with van der Waals surface area (Å²) >= 11 is 3.17. The minimum atomic E-state index is 0.810. The summed E-state index contributed by atoms with van der Waals surface area (Å²) in [5.74, 6) is 0.810. The molecule has 5 rings (SSSR count). The number of pyridine rings is 2. The monoisotopic (exact) mass is 428 g/mol. The van der Waals surface area contributed by atoms with Gasteiger partial charge in [-0.3, -0.25) is 9.97 Å². The molecule has 0 aliphatic heterocycles. The van der Waals surface area contributed by atoms with Crippen LogP contribution in [0.5, 0.6) is 0 Å². The fourth-order valence-electron chi connectivity index (χ4n) is 2.88. The van der Waals surface area contributed by atoms with Crippen LogP contribution in [0, 0.1) is 0 Å². The van der Waals surface area contributed by atoms with Gasteiger partial charge >= 0.3 is 0 Å². The first-order chi connectivity index (χ1) is 14.8. The van der Waals surface area contributed by atoms with Gasteiger partial charge in [-0.1, -0.05) is 18.2 Å². The number of nitrogens with zero attached hydrogens (tertiary/aromatic N) is 4. The molecule has 0 fully saturated rings. The Morgan fingerprint density at radius 2 is 1.47 bits per heavy atom. The number of hydrogen-bond donors (Lipinski definition) is 2. The fourth-order valence-corrected chi connectivity index (χ4v) is 4.37. The molecule has 6 nitrogen and oxygen atoms in total. The second kappa shape index (κ2) is 8.40. The van der Waals surface area contributed by atoms with Crippen LogP contribution in [0.3, 0.4) is 0 Å². The highest BCUT2D eigenvalue weighted by molar-refractivity contribution is 7.14. The fraction of sp³-hybridized carbons (Fsp3) is 0. The van der Waals surface area contributed by atoms with Crippen molar-refractivity contribution in [3.05, 3.63) is 84.1 Å². The summed E-state index contributed by atoms with van der Waals surface area (Å²) < 4.78 is 0. The molecule has 0 unspecified atom stereocenters. The molecule has 0 aliphatic rings. The third-order valence-electron chi connectivity index (χ3n) is 4.26. The molecule has 5 aromatic rings. The summed E-state index contributed by atoms with van der Waals surface area (Å²) in [5.41, 5.74) is 4.88. The highest BCUT2D eigenvalue weighted by Gasteiger charge is 2.09. The van der Waals surface area contributed by atoms with Crippen LogP contribution in [0.15, 0.2) is 84.1 Å². The zero-order valence-corrected chi connectivity index (χ0v) is 17.3. The zero-order valence-electron chi connectivity index (χ0n) is 15.7. The predicted octanol–water partition coefficient (Wildman–Crippen LogP) is 6.21. The van der Waals surface area contributed by atoms with Crippen molar-refractivity contribution in [2.45, 2.75) is 0 Å². The molecule has 0 saturated heterocycles. The van der Waals surface area contributed by atoms with Crippen molar-refractivity contribution in [2.75, 3.05) is 10.6 Å². The van der Waals surface area contributed by atoms with Crippen LogP contribution in [-0.4, -0.2) is 19.9 Å². The van der Waals surface area contributed by atoms with Crippen molar-refractivity contribution in [1.29, 1.82) is 0 Å². The maximum absolute atomic E-state index is 4.71. The summed E-state index contributed by atoms with van der Waals surface area (Å²) in [4.78, 5) is 17.7. The minimum Gasteiger partial charge on any atom is -0.338 e. The molecule has 30 heavy (non-hydrogen) atoms. The molecule has 0 saturated carbocycles. The Morgan fingerprint density at radius 1 is 0.700 bits per heavy atom. The molecule has 0 bridgehead atoms. The van der Waals surface area contributed by atoms with Gasteiger partial charge in [-0.05, 0) is 30.3 Å². The molecular weight excluding hydrogens is 412 g/mol. The number of benzene rings is 1. The van der Waals surface area contributed by atoms with Gasteiger partial charge in [-0.25, -0.2) is 9.97 Å². The first kappa shape index (κ1) is 18.4. The first-order valence-corrected chi connectivity index (χ1v) is 11.0. The van der Waals surface area contributed by atoms with Gasteiger partial charge in [0.25, 0.3) is 0 Å². The number of aromatic nitrogens is 4. The van der Waals surface area contributed by atoms with Gasteiger partial charge < -0.3 is 10.6 Å². The van der Waals surface area contributed by atoms with E-state index in [0.29, 0.717) is 0 Å². The van der Waals surface area contributed by atoms with Crippen molar-refractivity contribution in [1.82, 2.24) is 19.9 Å². The third kappa shape index (κ3) is 4.19. The quantitative estimate of drug-likeness (QED) is 0.335. The second-order valence-electron chi connectivity index (χ2n) is 6.39. The Kier molecular flexibility index (Phi) is 5.15. The van der Waals surface area contributed by atoms with E-state index in [9.17, 15) is 0 Å². The lowest BCUT2D eigenvalue weighted by atomic mass is 10.1. The van der Waals surface area contributed by atoms with E-state index < -0.39 is 0 Å². The molecule has 1 aromatic carbocycles. The van der Waals surface area contributed by atoms with Gasteiger partial charge in [-0.15, -0.1) is 22.7 Å². The topological polar surface area (TPSA) is 75.6 Å². The van der Waals surface area contributed by atoms with Crippen LogP contribution >= 0.6 is 22.7 Å². The van der Waals surface area contributed by atoms with Crippen molar-refractivity contribution in [3.63, 3.8) is 0 Å². The second-order valence-corrected chi connectivity index (χ2v) is 8.11. The highest BCUT2D eigenvalue weighted by Crippen LogP contribution is 2.32. The molecule has 4 heterocycles. The van der Waals surface area contributed by atoms with Gasteiger partial charge in [-0.2, -0.15) is 0 Å². The molecular formula is C22H16N6S2. The Hall–Kier alpha value is -3.62. The van der Waals surface area contributed by atoms with Crippen LogP contribution in [0.25, 0.3) is 21.8 Å². The van der Waals surface area contributed by atoms with Crippen LogP contribution < -0.4 is 10.6 Å². The van der Waals surface area contributed by atoms with E-state index in [1.165, 1.54) is 0 Å². The zero-order chi connectivity index (χ0) is 20.2. The van der Waals surface area contributed by atoms with Gasteiger partial charge in [0, 0.05) is 34.3 Å². The van der Waals surface area contributed by atoms with Crippen LogP contribution in [-0.2, 0) is 0 Å². The van der Waals surface area contributed by atoms with E-state index in [-0.39, 0.29) is 0 Å². The van der Waals surface area contributed by atoms with Crippen LogP contribution in [0.2, 0.25) is 0 Å². The molecule has 0 spiro atoms. The Labute approximate surface area is 181 Å². The number of anilines is 4. The van der Waals surface area contributed by atoms with Gasteiger partial charge in [0.2, 0.25) is 0 Å². The summed E-state index contributed by atoms with van der Waals surface area (Å²) in [6.07, 6.45) is 7.06. The molecule has 0 atom stereocenters. The van der Waals surface area contributed by atoms with E-state index in [0.717, 1.165) is 44.2 Å². The molecule has 4 aromatic heterocycles. The van der Waals surface area contributed by atoms with E-state index in [1.807, 2.05) is 35.7 Å². The summed E-state index contributed by atoms with van der Waals surface area (Å²) in [6, 6.07) is 16.0. The lowest BCUT2D eigenvalue weighted by molar-refractivity contribution is 1.30. The van der Waals surface area contributed by atoms with Crippen molar-refractivity contribution in [3.8, 4) is 21.8 Å². The van der Waals surface area contributed by atoms with E-state index in [4.69, 9.17) is 9.97 Å². The Bertz CT molecular complexity index is 1160. The van der Waals surface area contributed by atoms with Gasteiger partial charge in [0.15, 0.2) is 5.13 Å². The minimum absolute atomic E-state index is 0.810. The number of nitrogens with one attached hydrogen (secondary N) is 2. The standard InChI is InChI=1S/C22H16N6S2/c1-4-15(19-13-30-22(27-19)26-18-7-3-9-24-12-18)10-16(5-1)21-28-20(14-29-21)25-17-6-2-8-23-11-17/h1-14,25H,(H,26,27). The maximum atomic E-state index is 4.71. The van der Waals surface area contributed by atoms with Crippen molar-refractivity contribution in [2.24, 2.45) is 0 Å². The average molecular weight is 429 g/mol. The summed E-state index contributed by atoms with van der Waals surface area (Å²) in [7, 11) is 0. The molecule has 0 aliphatic carbocycles. The normalized spacial score (nSPS) is 10.7. The maximum Gasteiger partial charge on any atom is 0.187 e. The lowest BCUT2D eigenvalue weighted by Gasteiger charge is -2.02. The molecule has 8 heteroatoms. The Balaban J connectivity index is 1.35. The van der Waals surface area contributed by atoms with Crippen LogP contribution in [0.4, 0.5) is 22.3 Å². The first-order valence-electron chi connectivity index (χ1n) is 9.19. The van der Waals surface area contributed by atoms with Crippen molar-refractivity contribution >= 4 is 45.0 Å². The molecule has 0 radical (unpaired) electrons. The third-order valence-corrected chi connectivity index (χ3v) is 5.91. The molecule has 146 valence electrons. The number of thiazole rings is 2. The SMILES string of the molecule is c1cncc(Nc2csc(-c3cccc(-c4csc(Nc5cccnc5)n4)c3)n2)c1. The lowest BCUT2D eigenvalue weighted by Crippen LogP contribution is -1.91. The largest absolute Gasteiger partial charge is 0.338 e. The smallest absolute Gasteiger partial charge is 0.187 e. The molecule has 2 N–H and O–H groups in total.